The maximum atomic E-state index is 12.2. The van der Waals surface area contributed by atoms with Gasteiger partial charge in [0.15, 0.2) is 0 Å². The Labute approximate surface area is 114 Å². The number of nitrogens with zero attached hydrogens (tertiary/aromatic N) is 1. The average molecular weight is 312 g/mol. The number of hydrogen-bond donors (Lipinski definition) is 1. The van der Waals surface area contributed by atoms with Crippen molar-refractivity contribution in [2.45, 2.75) is 13.3 Å². The van der Waals surface area contributed by atoms with Crippen molar-refractivity contribution in [3.8, 4) is 0 Å². The third-order valence-electron chi connectivity index (χ3n) is 3.06. The van der Waals surface area contributed by atoms with E-state index < -0.39 is 5.97 Å². The van der Waals surface area contributed by atoms with Crippen LogP contribution in [0.3, 0.4) is 0 Å². The summed E-state index contributed by atoms with van der Waals surface area (Å²) < 4.78 is 0.778. The molecule has 0 aromatic heterocycles. The molecule has 1 aromatic rings. The van der Waals surface area contributed by atoms with E-state index in [-0.39, 0.29) is 18.2 Å². The number of aryl methyl sites for hydroxylation is 1. The minimum absolute atomic E-state index is 0.0350. The number of carbonyl (C=O) groups excluding carboxylic acids is 1. The van der Waals surface area contributed by atoms with Gasteiger partial charge in [-0.3, -0.25) is 9.59 Å². The molecule has 0 saturated carbocycles. The van der Waals surface area contributed by atoms with E-state index in [1.807, 2.05) is 25.1 Å². The van der Waals surface area contributed by atoms with Crippen LogP contribution in [0.25, 0.3) is 0 Å². The van der Waals surface area contributed by atoms with Gasteiger partial charge in [0.25, 0.3) is 5.91 Å². The van der Waals surface area contributed by atoms with Gasteiger partial charge in [0.05, 0.1) is 12.0 Å². The highest BCUT2D eigenvalue weighted by atomic mass is 79.9. The van der Waals surface area contributed by atoms with Crippen molar-refractivity contribution in [1.82, 2.24) is 4.90 Å². The second-order valence-corrected chi connectivity index (χ2v) is 5.51. The maximum Gasteiger partial charge on any atom is 0.303 e. The van der Waals surface area contributed by atoms with E-state index in [4.69, 9.17) is 5.11 Å². The van der Waals surface area contributed by atoms with Gasteiger partial charge < -0.3 is 10.0 Å². The van der Waals surface area contributed by atoms with Crippen LogP contribution in [-0.4, -0.2) is 35.0 Å². The van der Waals surface area contributed by atoms with E-state index in [1.165, 1.54) is 0 Å². The zero-order valence-corrected chi connectivity index (χ0v) is 11.6. The molecule has 1 aliphatic rings. The lowest BCUT2D eigenvalue weighted by atomic mass is 9.95. The second kappa shape index (κ2) is 5.10. The Kier molecular flexibility index (Phi) is 3.71. The largest absolute Gasteiger partial charge is 0.481 e. The molecule has 1 saturated heterocycles. The lowest BCUT2D eigenvalue weighted by Gasteiger charge is -2.38. The number of amides is 1. The summed E-state index contributed by atoms with van der Waals surface area (Å²) in [5, 5.41) is 8.66. The Morgan fingerprint density at radius 2 is 2.11 bits per heavy atom. The van der Waals surface area contributed by atoms with Crippen LogP contribution in [0.2, 0.25) is 0 Å². The smallest absolute Gasteiger partial charge is 0.303 e. The first kappa shape index (κ1) is 13.1. The summed E-state index contributed by atoms with van der Waals surface area (Å²) >= 11 is 3.37. The Bertz CT molecular complexity index is 495. The van der Waals surface area contributed by atoms with Gasteiger partial charge in [-0.1, -0.05) is 11.6 Å². The molecule has 1 fully saturated rings. The summed E-state index contributed by atoms with van der Waals surface area (Å²) in [6, 6.07) is 5.64. The first-order valence-corrected chi connectivity index (χ1v) is 6.54. The van der Waals surface area contributed by atoms with Gasteiger partial charge in [-0.05, 0) is 35.0 Å². The summed E-state index contributed by atoms with van der Waals surface area (Å²) in [5.41, 5.74) is 1.67. The summed E-state index contributed by atoms with van der Waals surface area (Å²) in [6.45, 7) is 3.00. The number of likely N-dealkylation sites (tertiary alicyclic amines) is 1. The number of aliphatic carboxylic acids is 1. The molecule has 1 N–H and O–H groups in total. The molecule has 1 amide bonds. The average Bonchev–Trinajstić information content (AvgIpc) is 2.25. The first-order chi connectivity index (χ1) is 8.47. The molecule has 0 spiro atoms. The van der Waals surface area contributed by atoms with Crippen LogP contribution in [-0.2, 0) is 4.79 Å². The maximum absolute atomic E-state index is 12.2. The van der Waals surface area contributed by atoms with E-state index in [0.717, 1.165) is 10.0 Å². The van der Waals surface area contributed by atoms with Crippen LogP contribution in [0.5, 0.6) is 0 Å². The Morgan fingerprint density at radius 3 is 2.72 bits per heavy atom. The van der Waals surface area contributed by atoms with Gasteiger partial charge in [-0.25, -0.2) is 0 Å². The topological polar surface area (TPSA) is 57.6 Å². The highest BCUT2D eigenvalue weighted by Crippen LogP contribution is 2.25. The number of halogens is 1. The van der Waals surface area contributed by atoms with Crippen molar-refractivity contribution in [2.24, 2.45) is 5.92 Å². The minimum atomic E-state index is -0.802. The van der Waals surface area contributed by atoms with Crippen LogP contribution in [0.1, 0.15) is 22.3 Å². The summed E-state index contributed by atoms with van der Waals surface area (Å²) in [7, 11) is 0. The summed E-state index contributed by atoms with van der Waals surface area (Å²) in [4.78, 5) is 24.4. The van der Waals surface area contributed by atoms with Crippen molar-refractivity contribution < 1.29 is 14.7 Å². The van der Waals surface area contributed by atoms with Crippen molar-refractivity contribution in [2.75, 3.05) is 13.1 Å². The minimum Gasteiger partial charge on any atom is -0.481 e. The number of carboxylic acid groups (broad SMARTS) is 1. The van der Waals surface area contributed by atoms with Gasteiger partial charge >= 0.3 is 5.97 Å². The molecule has 0 atom stereocenters. The molecule has 2 rings (SSSR count). The molecular formula is C13H14BrNO3. The molecular weight excluding hydrogens is 298 g/mol. The predicted molar refractivity (Wildman–Crippen MR) is 70.5 cm³/mol. The molecule has 0 unspecified atom stereocenters. The number of carboxylic acids is 1. The number of benzene rings is 1. The van der Waals surface area contributed by atoms with Crippen molar-refractivity contribution in [3.05, 3.63) is 33.8 Å². The second-order valence-electron chi connectivity index (χ2n) is 4.66. The third kappa shape index (κ3) is 2.72. The van der Waals surface area contributed by atoms with Gasteiger partial charge in [0, 0.05) is 23.5 Å². The summed E-state index contributed by atoms with van der Waals surface area (Å²) in [6.07, 6.45) is 0.138. The Balaban J connectivity index is 2.01. The molecule has 1 aromatic carbocycles. The third-order valence-corrected chi connectivity index (χ3v) is 3.75. The molecule has 4 nitrogen and oxygen atoms in total. The highest BCUT2D eigenvalue weighted by Gasteiger charge is 2.33. The van der Waals surface area contributed by atoms with Gasteiger partial charge in [-0.2, -0.15) is 0 Å². The lowest BCUT2D eigenvalue weighted by molar-refractivity contribution is -0.139. The van der Waals surface area contributed by atoms with E-state index >= 15 is 0 Å². The normalized spacial score (nSPS) is 15.3. The van der Waals surface area contributed by atoms with Crippen LogP contribution < -0.4 is 0 Å². The standard InChI is InChI=1S/C13H14BrNO3/c1-8-2-3-11(14)10(4-8)13(18)15-6-9(7-15)5-12(16)17/h2-4,9H,5-7H2,1H3,(H,16,17). The fourth-order valence-corrected chi connectivity index (χ4v) is 2.50. The monoisotopic (exact) mass is 311 g/mol. The molecule has 5 heteroatoms. The van der Waals surface area contributed by atoms with E-state index in [1.54, 1.807) is 4.90 Å². The van der Waals surface area contributed by atoms with Gasteiger partial charge in [0.2, 0.25) is 0 Å². The quantitative estimate of drug-likeness (QED) is 0.932. The van der Waals surface area contributed by atoms with Crippen LogP contribution >= 0.6 is 15.9 Å². The number of hydrogen-bond acceptors (Lipinski definition) is 2. The molecule has 1 aliphatic heterocycles. The fraction of sp³-hybridized carbons (Fsp3) is 0.385. The predicted octanol–water partition coefficient (Wildman–Crippen LogP) is 2.30. The summed E-state index contributed by atoms with van der Waals surface area (Å²) in [5.74, 6) is -0.744. The van der Waals surface area contributed by atoms with Crippen LogP contribution in [0, 0.1) is 12.8 Å². The molecule has 0 bridgehead atoms. The molecule has 0 radical (unpaired) electrons. The molecule has 18 heavy (non-hydrogen) atoms. The highest BCUT2D eigenvalue weighted by molar-refractivity contribution is 9.10. The molecule has 0 aliphatic carbocycles. The van der Waals surface area contributed by atoms with E-state index in [2.05, 4.69) is 15.9 Å². The van der Waals surface area contributed by atoms with Crippen molar-refractivity contribution >= 4 is 27.8 Å². The SMILES string of the molecule is Cc1ccc(Br)c(C(=O)N2CC(CC(=O)O)C2)c1. The van der Waals surface area contributed by atoms with Crippen LogP contribution in [0.15, 0.2) is 22.7 Å². The molecule has 1 heterocycles. The molecule has 96 valence electrons. The van der Waals surface area contributed by atoms with Gasteiger partial charge in [-0.15, -0.1) is 0 Å². The van der Waals surface area contributed by atoms with E-state index in [0.29, 0.717) is 18.7 Å². The fourth-order valence-electron chi connectivity index (χ4n) is 2.09. The zero-order chi connectivity index (χ0) is 13.3. The first-order valence-electron chi connectivity index (χ1n) is 5.74. The van der Waals surface area contributed by atoms with E-state index in [9.17, 15) is 9.59 Å². The Morgan fingerprint density at radius 1 is 1.44 bits per heavy atom. The lowest BCUT2D eigenvalue weighted by Crippen LogP contribution is -2.50. The van der Waals surface area contributed by atoms with Gasteiger partial charge in [0.1, 0.15) is 0 Å². The van der Waals surface area contributed by atoms with Crippen LogP contribution in [0.4, 0.5) is 0 Å². The van der Waals surface area contributed by atoms with Crippen molar-refractivity contribution in [1.29, 1.82) is 0 Å². The Hall–Kier alpha value is -1.36. The number of rotatable bonds is 3. The van der Waals surface area contributed by atoms with Crippen molar-refractivity contribution in [3.63, 3.8) is 0 Å². The number of carbonyl (C=O) groups is 2. The zero-order valence-electron chi connectivity index (χ0n) is 10.0.